The number of carbonyl (C=O) groups excluding carboxylic acids is 2. The van der Waals surface area contributed by atoms with E-state index >= 15 is 0 Å². The van der Waals surface area contributed by atoms with Gasteiger partial charge in [-0.05, 0) is 26.0 Å². The molecule has 7 heteroatoms. The SMILES string of the molecule is CCNC(=O)C[NH+](CC)CC(=O)Nc1cc(F)ccc1F. The first kappa shape index (κ1) is 17.0. The van der Waals surface area contributed by atoms with Gasteiger partial charge in [0, 0.05) is 12.6 Å². The predicted octanol–water partition coefficient (Wildman–Crippen LogP) is -0.0558. The quantitative estimate of drug-likeness (QED) is 0.661. The molecule has 5 nitrogen and oxygen atoms in total. The lowest BCUT2D eigenvalue weighted by Crippen LogP contribution is -3.14. The van der Waals surface area contributed by atoms with Crippen LogP contribution in [0.5, 0.6) is 0 Å². The zero-order valence-electron chi connectivity index (χ0n) is 12.1. The molecule has 0 radical (unpaired) electrons. The Morgan fingerprint density at radius 3 is 2.43 bits per heavy atom. The van der Waals surface area contributed by atoms with Crippen LogP contribution in [0.3, 0.4) is 0 Å². The summed E-state index contributed by atoms with van der Waals surface area (Å²) in [5.74, 6) is -1.96. The van der Waals surface area contributed by atoms with E-state index in [0.717, 1.165) is 23.1 Å². The van der Waals surface area contributed by atoms with E-state index in [0.29, 0.717) is 13.1 Å². The Kier molecular flexibility index (Phi) is 6.74. The van der Waals surface area contributed by atoms with Crippen molar-refractivity contribution in [1.29, 1.82) is 0 Å². The third kappa shape index (κ3) is 5.86. The maximum Gasteiger partial charge on any atom is 0.279 e. The zero-order valence-corrected chi connectivity index (χ0v) is 12.1. The summed E-state index contributed by atoms with van der Waals surface area (Å²) in [6.45, 7) is 4.90. The largest absolute Gasteiger partial charge is 0.351 e. The molecule has 0 aliphatic rings. The highest BCUT2D eigenvalue weighted by molar-refractivity contribution is 5.91. The smallest absolute Gasteiger partial charge is 0.279 e. The first-order valence-electron chi connectivity index (χ1n) is 6.81. The van der Waals surface area contributed by atoms with E-state index in [1.165, 1.54) is 0 Å². The minimum Gasteiger partial charge on any atom is -0.351 e. The van der Waals surface area contributed by atoms with Crippen molar-refractivity contribution in [2.45, 2.75) is 13.8 Å². The second kappa shape index (κ2) is 8.31. The lowest BCUT2D eigenvalue weighted by atomic mass is 10.3. The van der Waals surface area contributed by atoms with Crippen molar-refractivity contribution < 1.29 is 23.3 Å². The van der Waals surface area contributed by atoms with E-state index in [-0.39, 0.29) is 24.7 Å². The second-order valence-electron chi connectivity index (χ2n) is 4.58. The molecule has 1 unspecified atom stereocenters. The molecule has 116 valence electrons. The minimum absolute atomic E-state index is 0.00356. The van der Waals surface area contributed by atoms with Crippen LogP contribution in [-0.4, -0.2) is 38.0 Å². The summed E-state index contributed by atoms with van der Waals surface area (Å²) in [6, 6.07) is 2.84. The van der Waals surface area contributed by atoms with E-state index in [9.17, 15) is 18.4 Å². The first-order valence-corrected chi connectivity index (χ1v) is 6.81. The number of rotatable bonds is 7. The molecule has 0 aliphatic heterocycles. The van der Waals surface area contributed by atoms with Gasteiger partial charge >= 0.3 is 0 Å². The number of hydrogen-bond donors (Lipinski definition) is 3. The summed E-state index contributed by atoms with van der Waals surface area (Å²) in [5.41, 5.74) is -0.200. The number of likely N-dealkylation sites (N-methyl/N-ethyl adjacent to an activating group) is 2. The van der Waals surface area contributed by atoms with Crippen LogP contribution < -0.4 is 15.5 Å². The van der Waals surface area contributed by atoms with Gasteiger partial charge in [0.25, 0.3) is 11.8 Å². The van der Waals surface area contributed by atoms with Crippen LogP contribution in [-0.2, 0) is 9.59 Å². The first-order chi connectivity index (χ1) is 9.96. The highest BCUT2D eigenvalue weighted by atomic mass is 19.1. The average molecular weight is 300 g/mol. The molecule has 0 aromatic heterocycles. The summed E-state index contributed by atoms with van der Waals surface area (Å²) >= 11 is 0. The fourth-order valence-corrected chi connectivity index (χ4v) is 1.81. The fourth-order valence-electron chi connectivity index (χ4n) is 1.81. The Morgan fingerprint density at radius 2 is 1.81 bits per heavy atom. The lowest BCUT2D eigenvalue weighted by molar-refractivity contribution is -0.881. The molecule has 0 spiro atoms. The number of benzene rings is 1. The Balaban J connectivity index is 2.58. The summed E-state index contributed by atoms with van der Waals surface area (Å²) in [5, 5.41) is 4.96. The molecular formula is C14H20F2N3O2+. The Labute approximate surface area is 122 Å². The van der Waals surface area contributed by atoms with Crippen molar-refractivity contribution in [3.05, 3.63) is 29.8 Å². The number of amides is 2. The van der Waals surface area contributed by atoms with E-state index < -0.39 is 17.5 Å². The number of carbonyl (C=O) groups is 2. The monoisotopic (exact) mass is 300 g/mol. The van der Waals surface area contributed by atoms with Gasteiger partial charge in [0.1, 0.15) is 11.6 Å². The molecule has 3 N–H and O–H groups in total. The van der Waals surface area contributed by atoms with Crippen LogP contribution in [0.4, 0.5) is 14.5 Å². The van der Waals surface area contributed by atoms with Gasteiger partial charge in [0.2, 0.25) is 0 Å². The highest BCUT2D eigenvalue weighted by Gasteiger charge is 2.17. The van der Waals surface area contributed by atoms with Gasteiger partial charge in [0.05, 0.1) is 12.2 Å². The number of halogens is 2. The Bertz CT molecular complexity index is 509. The van der Waals surface area contributed by atoms with Crippen molar-refractivity contribution in [2.24, 2.45) is 0 Å². The van der Waals surface area contributed by atoms with Gasteiger partial charge in [-0.1, -0.05) is 0 Å². The molecule has 0 bridgehead atoms. The molecule has 2 amide bonds. The van der Waals surface area contributed by atoms with E-state index in [2.05, 4.69) is 10.6 Å². The summed E-state index contributed by atoms with van der Waals surface area (Å²) < 4.78 is 26.4. The maximum absolute atomic E-state index is 13.4. The van der Waals surface area contributed by atoms with Gasteiger partial charge in [-0.3, -0.25) is 9.59 Å². The molecule has 1 rings (SSSR count). The third-order valence-corrected chi connectivity index (χ3v) is 2.90. The third-order valence-electron chi connectivity index (χ3n) is 2.90. The normalized spacial score (nSPS) is 11.8. The molecule has 0 aliphatic carbocycles. The zero-order chi connectivity index (χ0) is 15.8. The maximum atomic E-state index is 13.4. The van der Waals surface area contributed by atoms with Crippen LogP contribution in [0, 0.1) is 11.6 Å². The number of quaternary nitrogens is 1. The summed E-state index contributed by atoms with van der Waals surface area (Å²) in [6.07, 6.45) is 0. The van der Waals surface area contributed by atoms with Gasteiger partial charge in [-0.25, -0.2) is 8.78 Å². The number of nitrogens with one attached hydrogen (secondary N) is 3. The molecule has 1 aromatic rings. The molecule has 0 saturated carbocycles. The van der Waals surface area contributed by atoms with Crippen molar-refractivity contribution in [3.8, 4) is 0 Å². The molecule has 21 heavy (non-hydrogen) atoms. The molecule has 0 fully saturated rings. The molecule has 1 atom stereocenters. The molecule has 0 heterocycles. The summed E-state index contributed by atoms with van der Waals surface area (Å²) in [4.78, 5) is 24.0. The highest BCUT2D eigenvalue weighted by Crippen LogP contribution is 2.14. The summed E-state index contributed by atoms with van der Waals surface area (Å²) in [7, 11) is 0. The Morgan fingerprint density at radius 1 is 1.14 bits per heavy atom. The minimum atomic E-state index is -0.702. The standard InChI is InChI=1S/C14H19F2N3O2/c1-3-17-13(20)8-19(4-2)9-14(21)18-12-7-10(15)5-6-11(12)16/h5-7H,3-4,8-9H2,1-2H3,(H,17,20)(H,18,21)/p+1. The van der Waals surface area contributed by atoms with Gasteiger partial charge in [-0.15, -0.1) is 0 Å². The average Bonchev–Trinajstić information content (AvgIpc) is 2.42. The number of hydrogen-bond acceptors (Lipinski definition) is 2. The Hall–Kier alpha value is -2.02. The van der Waals surface area contributed by atoms with Crippen molar-refractivity contribution in [2.75, 3.05) is 31.5 Å². The topological polar surface area (TPSA) is 62.6 Å². The number of anilines is 1. The van der Waals surface area contributed by atoms with Crippen LogP contribution in [0.2, 0.25) is 0 Å². The predicted molar refractivity (Wildman–Crippen MR) is 74.9 cm³/mol. The van der Waals surface area contributed by atoms with Crippen LogP contribution >= 0.6 is 0 Å². The van der Waals surface area contributed by atoms with Crippen LogP contribution in [0.1, 0.15) is 13.8 Å². The van der Waals surface area contributed by atoms with Crippen molar-refractivity contribution in [3.63, 3.8) is 0 Å². The fraction of sp³-hybridized carbons (Fsp3) is 0.429. The van der Waals surface area contributed by atoms with Crippen molar-refractivity contribution >= 4 is 17.5 Å². The van der Waals surface area contributed by atoms with E-state index in [1.807, 2.05) is 13.8 Å². The van der Waals surface area contributed by atoms with Gasteiger partial charge in [-0.2, -0.15) is 0 Å². The van der Waals surface area contributed by atoms with Crippen LogP contribution in [0.25, 0.3) is 0 Å². The molecular weight excluding hydrogens is 280 g/mol. The second-order valence-corrected chi connectivity index (χ2v) is 4.58. The van der Waals surface area contributed by atoms with E-state index in [1.54, 1.807) is 0 Å². The van der Waals surface area contributed by atoms with Gasteiger partial charge in [0.15, 0.2) is 13.1 Å². The van der Waals surface area contributed by atoms with Crippen molar-refractivity contribution in [1.82, 2.24) is 5.32 Å². The van der Waals surface area contributed by atoms with E-state index in [4.69, 9.17) is 0 Å². The van der Waals surface area contributed by atoms with Crippen LogP contribution in [0.15, 0.2) is 18.2 Å². The lowest BCUT2D eigenvalue weighted by Gasteiger charge is -2.16. The molecule has 0 saturated heterocycles. The molecule has 1 aromatic carbocycles. The van der Waals surface area contributed by atoms with Gasteiger partial charge < -0.3 is 15.5 Å².